The van der Waals surface area contributed by atoms with E-state index in [-0.39, 0.29) is 6.42 Å². The molecule has 0 aliphatic heterocycles. The number of benzene rings is 2. The van der Waals surface area contributed by atoms with Gasteiger partial charge in [0.2, 0.25) is 5.91 Å². The van der Waals surface area contributed by atoms with E-state index in [0.29, 0.717) is 17.9 Å². The van der Waals surface area contributed by atoms with Crippen LogP contribution in [0.5, 0.6) is 5.75 Å². The largest absolute Gasteiger partial charge is 0.497 e. The Labute approximate surface area is 210 Å². The van der Waals surface area contributed by atoms with Gasteiger partial charge < -0.3 is 25.2 Å². The molecule has 3 N–H and O–H groups in total. The fraction of sp³-hybridized carbons (Fsp3) is 0.423. The van der Waals surface area contributed by atoms with Gasteiger partial charge in [-0.1, -0.05) is 42.5 Å². The molecule has 9 heteroatoms. The van der Waals surface area contributed by atoms with Crippen molar-refractivity contribution in [2.75, 3.05) is 19.4 Å². The summed E-state index contributed by atoms with van der Waals surface area (Å²) in [6, 6.07) is 16.7. The van der Waals surface area contributed by atoms with E-state index < -0.39 is 35.5 Å². The van der Waals surface area contributed by atoms with Gasteiger partial charge in [-0.3, -0.25) is 9.59 Å². The van der Waals surface area contributed by atoms with Gasteiger partial charge in [0, 0.05) is 24.5 Å². The average Bonchev–Trinajstić information content (AvgIpc) is 2.78. The van der Waals surface area contributed by atoms with E-state index in [1.807, 2.05) is 30.3 Å². The number of aliphatic carboxylic acids is 1. The number of alkyl carbamates (subject to hydrolysis) is 1. The topological polar surface area (TPSA) is 114 Å². The third-order valence-electron chi connectivity index (χ3n) is 4.94. The quantitative estimate of drug-likeness (QED) is 0.376. The van der Waals surface area contributed by atoms with Crippen molar-refractivity contribution in [2.24, 2.45) is 0 Å². The van der Waals surface area contributed by atoms with E-state index in [1.54, 1.807) is 63.9 Å². The maximum Gasteiger partial charge on any atom is 0.408 e. The number of ether oxygens (including phenoxy) is 2. The lowest BCUT2D eigenvalue weighted by Gasteiger charge is -2.33. The molecule has 0 radical (unpaired) electrons. The number of hydrogen-bond acceptors (Lipinski definition) is 6. The Balaban J connectivity index is 2.09. The number of thioether (sulfide) groups is 1. The van der Waals surface area contributed by atoms with E-state index in [2.05, 4.69) is 10.6 Å². The monoisotopic (exact) mass is 502 g/mol. The summed E-state index contributed by atoms with van der Waals surface area (Å²) in [5.74, 6) is 0.372. The summed E-state index contributed by atoms with van der Waals surface area (Å²) in [6.07, 6.45) is -1.44. The zero-order valence-electron chi connectivity index (χ0n) is 20.6. The lowest BCUT2D eigenvalue weighted by Crippen LogP contribution is -2.62. The van der Waals surface area contributed by atoms with Crippen molar-refractivity contribution >= 4 is 29.7 Å². The molecule has 0 heterocycles. The van der Waals surface area contributed by atoms with Gasteiger partial charge in [-0.05, 0) is 44.0 Å². The zero-order valence-corrected chi connectivity index (χ0v) is 21.4. The molecular formula is C26H34N2O6S. The molecule has 2 aromatic carbocycles. The van der Waals surface area contributed by atoms with Crippen LogP contribution in [0.1, 0.15) is 38.3 Å². The van der Waals surface area contributed by atoms with Gasteiger partial charge in [0.05, 0.1) is 13.5 Å². The number of amides is 2. The van der Waals surface area contributed by atoms with Crippen molar-refractivity contribution < 1.29 is 29.0 Å². The van der Waals surface area contributed by atoms with Gasteiger partial charge >= 0.3 is 12.1 Å². The summed E-state index contributed by atoms with van der Waals surface area (Å²) >= 11 is 1.63. The number of carbonyl (C=O) groups is 3. The highest BCUT2D eigenvalue weighted by Gasteiger charge is 2.43. The lowest BCUT2D eigenvalue weighted by molar-refractivity contribution is -0.142. The minimum absolute atomic E-state index is 0.00417. The maximum atomic E-state index is 13.3. The van der Waals surface area contributed by atoms with Gasteiger partial charge in [-0.15, -0.1) is 0 Å². The first-order valence-corrected chi connectivity index (χ1v) is 12.4. The molecule has 2 aromatic rings. The fourth-order valence-corrected chi connectivity index (χ4v) is 4.21. The first-order valence-electron chi connectivity index (χ1n) is 11.3. The zero-order chi connectivity index (χ0) is 25.9. The van der Waals surface area contributed by atoms with Crippen LogP contribution in [-0.2, 0) is 26.5 Å². The van der Waals surface area contributed by atoms with Gasteiger partial charge in [-0.25, -0.2) is 4.79 Å². The van der Waals surface area contributed by atoms with Gasteiger partial charge in [0.1, 0.15) is 16.9 Å². The number of nitrogens with one attached hydrogen (secondary N) is 2. The second-order valence-corrected chi connectivity index (χ2v) is 10.2. The summed E-state index contributed by atoms with van der Waals surface area (Å²) in [7, 11) is 1.62. The molecule has 0 saturated heterocycles. The second kappa shape index (κ2) is 13.0. The first-order chi connectivity index (χ1) is 16.5. The van der Waals surface area contributed by atoms with Gasteiger partial charge in [0.25, 0.3) is 0 Å². The van der Waals surface area contributed by atoms with Crippen LogP contribution in [0.15, 0.2) is 54.6 Å². The minimum atomic E-state index is -1.71. The van der Waals surface area contributed by atoms with Crippen LogP contribution < -0.4 is 15.4 Å². The summed E-state index contributed by atoms with van der Waals surface area (Å²) in [6.45, 7) is 5.40. The summed E-state index contributed by atoms with van der Waals surface area (Å²) < 4.78 is 10.5. The highest BCUT2D eigenvalue weighted by atomic mass is 32.2. The normalized spacial score (nSPS) is 12.8. The Morgan fingerprint density at radius 1 is 0.971 bits per heavy atom. The molecule has 2 amide bonds. The molecule has 0 bridgehead atoms. The van der Waals surface area contributed by atoms with E-state index in [9.17, 15) is 19.5 Å². The molecule has 8 nitrogen and oxygen atoms in total. The third-order valence-corrected chi connectivity index (χ3v) is 5.97. The van der Waals surface area contributed by atoms with E-state index in [0.717, 1.165) is 17.1 Å². The molecule has 35 heavy (non-hydrogen) atoms. The fourth-order valence-electron chi connectivity index (χ4n) is 3.39. The van der Waals surface area contributed by atoms with Crippen LogP contribution in [-0.4, -0.2) is 53.6 Å². The smallest absolute Gasteiger partial charge is 0.408 e. The second-order valence-electron chi connectivity index (χ2n) is 9.10. The van der Waals surface area contributed by atoms with Crippen molar-refractivity contribution in [1.29, 1.82) is 0 Å². The van der Waals surface area contributed by atoms with Gasteiger partial charge in [0.15, 0.2) is 0 Å². The number of carboxylic acids is 1. The van der Waals surface area contributed by atoms with Crippen molar-refractivity contribution in [3.63, 3.8) is 0 Å². The Morgan fingerprint density at radius 2 is 1.63 bits per heavy atom. The van der Waals surface area contributed by atoms with Crippen LogP contribution in [0, 0.1) is 0 Å². The molecule has 0 aliphatic rings. The van der Waals surface area contributed by atoms with E-state index in [1.165, 1.54) is 0 Å². The molecule has 0 fully saturated rings. The SMILES string of the molecule is COc1ccc(CSCCNC(=O)[C@@](CC(=O)O)(Cc2ccccc2)NC(=O)OC(C)(C)C)cc1. The standard InChI is InChI=1S/C26H34N2O6S/c1-25(2,3)34-24(32)28-26(17-22(29)30,16-19-8-6-5-7-9-19)23(31)27-14-15-35-18-20-10-12-21(33-4)13-11-20/h5-13H,14-18H2,1-4H3,(H,27,31)(H,28,32)(H,29,30)/t26-/m0/s1. The van der Waals surface area contributed by atoms with E-state index >= 15 is 0 Å². The van der Waals surface area contributed by atoms with Gasteiger partial charge in [-0.2, -0.15) is 11.8 Å². The molecule has 0 spiro atoms. The number of rotatable bonds is 12. The lowest BCUT2D eigenvalue weighted by atomic mass is 9.86. The van der Waals surface area contributed by atoms with Crippen LogP contribution >= 0.6 is 11.8 Å². The van der Waals surface area contributed by atoms with Crippen molar-refractivity contribution in [1.82, 2.24) is 10.6 Å². The number of methoxy groups -OCH3 is 1. The maximum absolute atomic E-state index is 13.3. The number of carboxylic acid groups (broad SMARTS) is 1. The molecule has 1 atom stereocenters. The molecule has 2 rings (SSSR count). The van der Waals surface area contributed by atoms with Crippen molar-refractivity contribution in [3.05, 3.63) is 65.7 Å². The summed E-state index contributed by atoms with van der Waals surface area (Å²) in [5.41, 5.74) is -0.678. The van der Waals surface area contributed by atoms with Crippen molar-refractivity contribution in [2.45, 2.75) is 50.5 Å². The minimum Gasteiger partial charge on any atom is -0.497 e. The van der Waals surface area contributed by atoms with Crippen LogP contribution in [0.3, 0.4) is 0 Å². The molecule has 190 valence electrons. The predicted octanol–water partition coefficient (Wildman–Crippen LogP) is 4.03. The van der Waals surface area contributed by atoms with Crippen LogP contribution in [0.4, 0.5) is 4.79 Å². The summed E-state index contributed by atoms with van der Waals surface area (Å²) in [5, 5.41) is 15.0. The van der Waals surface area contributed by atoms with Crippen LogP contribution in [0.2, 0.25) is 0 Å². The number of hydrogen-bond donors (Lipinski definition) is 3. The molecule has 0 aliphatic carbocycles. The van der Waals surface area contributed by atoms with Crippen LogP contribution in [0.25, 0.3) is 0 Å². The molecule has 0 saturated carbocycles. The Hall–Kier alpha value is -3.20. The predicted molar refractivity (Wildman–Crippen MR) is 137 cm³/mol. The third kappa shape index (κ3) is 9.90. The molecular weight excluding hydrogens is 468 g/mol. The molecule has 0 aromatic heterocycles. The molecule has 0 unspecified atom stereocenters. The van der Waals surface area contributed by atoms with E-state index in [4.69, 9.17) is 9.47 Å². The Morgan fingerprint density at radius 3 is 2.20 bits per heavy atom. The highest BCUT2D eigenvalue weighted by molar-refractivity contribution is 7.98. The average molecular weight is 503 g/mol. The highest BCUT2D eigenvalue weighted by Crippen LogP contribution is 2.21. The first kappa shape index (κ1) is 28.0. The van der Waals surface area contributed by atoms with Crippen molar-refractivity contribution in [3.8, 4) is 5.75 Å². The summed E-state index contributed by atoms with van der Waals surface area (Å²) in [4.78, 5) is 37.7. The number of carbonyl (C=O) groups excluding carboxylic acids is 2. The Kier molecular flexibility index (Phi) is 10.4. The Bertz CT molecular complexity index is 976.